The number of amides is 1. The monoisotopic (exact) mass is 368 g/mol. The zero-order valence-corrected chi connectivity index (χ0v) is 14.9. The molecule has 7 nitrogen and oxygen atoms in total. The molecule has 2 N–H and O–H groups in total. The van der Waals surface area contributed by atoms with E-state index in [2.05, 4.69) is 15.1 Å². The number of nitrogens with zero attached hydrogens (tertiary/aromatic N) is 2. The van der Waals surface area contributed by atoms with Gasteiger partial charge in [0.25, 0.3) is 5.91 Å². The molecule has 136 valence electrons. The van der Waals surface area contributed by atoms with Gasteiger partial charge in [-0.05, 0) is 24.6 Å². The zero-order valence-electron chi connectivity index (χ0n) is 14.1. The molecule has 0 bridgehead atoms. The Bertz CT molecular complexity index is 835. The van der Waals surface area contributed by atoms with Gasteiger partial charge in [0.05, 0.1) is 17.1 Å². The SMILES string of the molecule is CCC(NC(=O)c1cccc(S(=O)(=O)NCCF)c1)c1cnn(C)c1. The van der Waals surface area contributed by atoms with E-state index in [1.807, 2.05) is 13.1 Å². The van der Waals surface area contributed by atoms with Crippen LogP contribution in [0.1, 0.15) is 35.3 Å². The lowest BCUT2D eigenvalue weighted by atomic mass is 10.1. The maximum Gasteiger partial charge on any atom is 0.251 e. The first-order valence-corrected chi connectivity index (χ1v) is 9.30. The molecule has 0 saturated carbocycles. The summed E-state index contributed by atoms with van der Waals surface area (Å²) in [4.78, 5) is 12.4. The van der Waals surface area contributed by atoms with Crippen molar-refractivity contribution in [3.63, 3.8) is 0 Å². The van der Waals surface area contributed by atoms with Gasteiger partial charge in [-0.1, -0.05) is 13.0 Å². The summed E-state index contributed by atoms with van der Waals surface area (Å²) in [5.74, 6) is -0.391. The number of benzene rings is 1. The Balaban J connectivity index is 2.18. The van der Waals surface area contributed by atoms with Crippen LogP contribution < -0.4 is 10.0 Å². The highest BCUT2D eigenvalue weighted by Crippen LogP contribution is 2.17. The Labute approximate surface area is 146 Å². The summed E-state index contributed by atoms with van der Waals surface area (Å²) >= 11 is 0. The molecule has 1 unspecified atom stereocenters. The van der Waals surface area contributed by atoms with Crippen LogP contribution in [0.15, 0.2) is 41.6 Å². The van der Waals surface area contributed by atoms with Crippen LogP contribution in [-0.2, 0) is 17.1 Å². The van der Waals surface area contributed by atoms with Gasteiger partial charge in [0, 0.05) is 30.9 Å². The van der Waals surface area contributed by atoms with E-state index in [4.69, 9.17) is 0 Å². The van der Waals surface area contributed by atoms with Gasteiger partial charge in [-0.2, -0.15) is 5.10 Å². The third-order valence-corrected chi connectivity index (χ3v) is 5.09. The van der Waals surface area contributed by atoms with Crippen LogP contribution in [0.4, 0.5) is 4.39 Å². The van der Waals surface area contributed by atoms with Gasteiger partial charge in [0.1, 0.15) is 6.67 Å². The second-order valence-electron chi connectivity index (χ2n) is 5.50. The van der Waals surface area contributed by atoms with E-state index in [0.717, 1.165) is 5.56 Å². The van der Waals surface area contributed by atoms with E-state index in [9.17, 15) is 17.6 Å². The van der Waals surface area contributed by atoms with Crippen molar-refractivity contribution in [2.75, 3.05) is 13.2 Å². The second-order valence-corrected chi connectivity index (χ2v) is 7.26. The van der Waals surface area contributed by atoms with Crippen molar-refractivity contribution in [2.45, 2.75) is 24.3 Å². The third-order valence-electron chi connectivity index (χ3n) is 3.63. The van der Waals surface area contributed by atoms with E-state index in [-0.39, 0.29) is 23.0 Å². The van der Waals surface area contributed by atoms with Crippen LogP contribution in [0.2, 0.25) is 0 Å². The maximum atomic E-state index is 12.5. The predicted molar refractivity (Wildman–Crippen MR) is 91.3 cm³/mol. The quantitative estimate of drug-likeness (QED) is 0.739. The van der Waals surface area contributed by atoms with Crippen LogP contribution in [-0.4, -0.2) is 37.3 Å². The number of carbonyl (C=O) groups is 1. The van der Waals surface area contributed by atoms with Crippen LogP contribution in [0.3, 0.4) is 0 Å². The molecule has 0 aliphatic rings. The molecule has 0 radical (unpaired) electrons. The average Bonchev–Trinajstić information content (AvgIpc) is 3.04. The summed E-state index contributed by atoms with van der Waals surface area (Å²) in [6.07, 6.45) is 4.15. The number of carbonyl (C=O) groups excluding carboxylic acids is 1. The highest BCUT2D eigenvalue weighted by atomic mass is 32.2. The zero-order chi connectivity index (χ0) is 18.4. The van der Waals surface area contributed by atoms with Crippen LogP contribution >= 0.6 is 0 Å². The van der Waals surface area contributed by atoms with Crippen LogP contribution in [0.5, 0.6) is 0 Å². The highest BCUT2D eigenvalue weighted by Gasteiger charge is 2.18. The molecule has 2 aromatic rings. The molecule has 0 aliphatic heterocycles. The number of aryl methyl sites for hydroxylation is 1. The minimum absolute atomic E-state index is 0.0805. The number of sulfonamides is 1. The molecule has 25 heavy (non-hydrogen) atoms. The second kappa shape index (κ2) is 8.21. The molecular weight excluding hydrogens is 347 g/mol. The van der Waals surface area contributed by atoms with Gasteiger partial charge in [0.15, 0.2) is 0 Å². The van der Waals surface area contributed by atoms with Crippen molar-refractivity contribution in [1.29, 1.82) is 0 Å². The van der Waals surface area contributed by atoms with E-state index < -0.39 is 22.6 Å². The number of hydrogen-bond donors (Lipinski definition) is 2. The van der Waals surface area contributed by atoms with E-state index in [1.165, 1.54) is 24.3 Å². The first kappa shape index (κ1) is 19.1. The van der Waals surface area contributed by atoms with Gasteiger partial charge >= 0.3 is 0 Å². The molecule has 0 saturated heterocycles. The lowest BCUT2D eigenvalue weighted by Crippen LogP contribution is -2.29. The first-order valence-electron chi connectivity index (χ1n) is 7.82. The normalized spacial score (nSPS) is 12.8. The number of nitrogens with one attached hydrogen (secondary N) is 2. The molecule has 9 heteroatoms. The standard InChI is InChI=1S/C16H21FN4O3S/c1-3-15(13-10-18-21(2)11-13)20-16(22)12-5-4-6-14(9-12)25(23,24)19-8-7-17/h4-6,9-11,15,19H,3,7-8H2,1-2H3,(H,20,22). The largest absolute Gasteiger partial charge is 0.345 e. The summed E-state index contributed by atoms with van der Waals surface area (Å²) in [7, 11) is -2.06. The fraction of sp³-hybridized carbons (Fsp3) is 0.375. The van der Waals surface area contributed by atoms with Crippen LogP contribution in [0.25, 0.3) is 0 Å². The van der Waals surface area contributed by atoms with Crippen molar-refractivity contribution in [1.82, 2.24) is 19.8 Å². The van der Waals surface area contributed by atoms with Gasteiger partial charge in [-0.15, -0.1) is 0 Å². The molecule has 1 aromatic heterocycles. The topological polar surface area (TPSA) is 93.1 Å². The fourth-order valence-electron chi connectivity index (χ4n) is 2.34. The Morgan fingerprint density at radius 1 is 1.40 bits per heavy atom. The smallest absolute Gasteiger partial charge is 0.251 e. The third kappa shape index (κ3) is 4.86. The minimum Gasteiger partial charge on any atom is -0.345 e. The molecule has 1 heterocycles. The Kier molecular flexibility index (Phi) is 6.27. The summed E-state index contributed by atoms with van der Waals surface area (Å²) in [5, 5.41) is 6.95. The molecular formula is C16H21FN4O3S. The minimum atomic E-state index is -3.84. The van der Waals surface area contributed by atoms with Crippen molar-refractivity contribution < 1.29 is 17.6 Å². The summed E-state index contributed by atoms with van der Waals surface area (Å²) in [6.45, 7) is 0.820. The van der Waals surface area contributed by atoms with Gasteiger partial charge < -0.3 is 5.32 Å². The molecule has 1 atom stereocenters. The number of halogens is 1. The Morgan fingerprint density at radius 2 is 2.16 bits per heavy atom. The Hall–Kier alpha value is -2.26. The summed E-state index contributed by atoms with van der Waals surface area (Å²) < 4.78 is 40.1. The number of alkyl halides is 1. The van der Waals surface area contributed by atoms with Crippen molar-refractivity contribution in [3.8, 4) is 0 Å². The number of rotatable bonds is 8. The molecule has 0 fully saturated rings. The van der Waals surface area contributed by atoms with Gasteiger partial charge in [-0.25, -0.2) is 17.5 Å². The maximum absolute atomic E-state index is 12.5. The fourth-order valence-corrected chi connectivity index (χ4v) is 3.40. The van der Waals surface area contributed by atoms with Gasteiger partial charge in [0.2, 0.25) is 10.0 Å². The lowest BCUT2D eigenvalue weighted by molar-refractivity contribution is 0.0935. The molecule has 0 spiro atoms. The highest BCUT2D eigenvalue weighted by molar-refractivity contribution is 7.89. The van der Waals surface area contributed by atoms with Crippen LogP contribution in [0, 0.1) is 0 Å². The molecule has 1 aromatic carbocycles. The Morgan fingerprint density at radius 3 is 2.76 bits per heavy atom. The number of hydrogen-bond acceptors (Lipinski definition) is 4. The summed E-state index contributed by atoms with van der Waals surface area (Å²) in [6, 6.07) is 5.40. The van der Waals surface area contributed by atoms with E-state index in [1.54, 1.807) is 17.9 Å². The molecule has 2 rings (SSSR count). The van der Waals surface area contributed by atoms with Crippen molar-refractivity contribution >= 4 is 15.9 Å². The van der Waals surface area contributed by atoms with Crippen molar-refractivity contribution in [3.05, 3.63) is 47.8 Å². The van der Waals surface area contributed by atoms with E-state index in [0.29, 0.717) is 6.42 Å². The van der Waals surface area contributed by atoms with E-state index >= 15 is 0 Å². The summed E-state index contributed by atoms with van der Waals surface area (Å²) in [5.41, 5.74) is 1.08. The average molecular weight is 368 g/mol. The molecule has 1 amide bonds. The molecule has 0 aliphatic carbocycles. The number of aromatic nitrogens is 2. The predicted octanol–water partition coefficient (Wildman–Crippen LogP) is 1.55. The first-order chi connectivity index (χ1) is 11.9. The van der Waals surface area contributed by atoms with Gasteiger partial charge in [-0.3, -0.25) is 9.48 Å². The lowest BCUT2D eigenvalue weighted by Gasteiger charge is -2.16. The van der Waals surface area contributed by atoms with Crippen molar-refractivity contribution in [2.24, 2.45) is 7.05 Å².